The summed E-state index contributed by atoms with van der Waals surface area (Å²) in [5, 5.41) is 10.3. The molecule has 0 aliphatic carbocycles. The summed E-state index contributed by atoms with van der Waals surface area (Å²) < 4.78 is 0. The maximum absolute atomic E-state index is 12.5. The van der Waals surface area contributed by atoms with Crippen molar-refractivity contribution in [2.75, 3.05) is 18.9 Å². The molecule has 0 radical (unpaired) electrons. The minimum atomic E-state index is -0.318. The quantitative estimate of drug-likeness (QED) is 0.705. The molecule has 0 unspecified atom stereocenters. The van der Waals surface area contributed by atoms with E-state index < -0.39 is 0 Å². The van der Waals surface area contributed by atoms with Crippen molar-refractivity contribution in [2.24, 2.45) is 0 Å². The average molecular weight is 383 g/mol. The molecule has 3 rings (SSSR count). The second kappa shape index (κ2) is 8.05. The Hall–Kier alpha value is -3.12. The van der Waals surface area contributed by atoms with Gasteiger partial charge < -0.3 is 10.2 Å². The summed E-state index contributed by atoms with van der Waals surface area (Å²) in [6.45, 7) is 1.91. The number of benzene rings is 2. The van der Waals surface area contributed by atoms with Gasteiger partial charge in [-0.15, -0.1) is 0 Å². The van der Waals surface area contributed by atoms with Gasteiger partial charge >= 0.3 is 0 Å². The predicted molar refractivity (Wildman–Crippen MR) is 106 cm³/mol. The molecular formula is C20H19ClN4O2. The van der Waals surface area contributed by atoms with Crippen LogP contribution in [0.3, 0.4) is 0 Å². The summed E-state index contributed by atoms with van der Waals surface area (Å²) in [5.41, 5.74) is 3.58. The molecule has 2 amide bonds. The van der Waals surface area contributed by atoms with Gasteiger partial charge in [-0.1, -0.05) is 41.4 Å². The summed E-state index contributed by atoms with van der Waals surface area (Å²) in [6.07, 6.45) is 0. The van der Waals surface area contributed by atoms with Gasteiger partial charge in [-0.25, -0.2) is 0 Å². The number of likely N-dealkylation sites (N-methyl/N-ethyl adjacent to an activating group) is 1. The fourth-order valence-corrected chi connectivity index (χ4v) is 2.66. The summed E-state index contributed by atoms with van der Waals surface area (Å²) >= 11 is 5.88. The number of amides is 2. The van der Waals surface area contributed by atoms with Crippen molar-refractivity contribution in [3.05, 3.63) is 70.9 Å². The molecule has 6 nitrogen and oxygen atoms in total. The normalized spacial score (nSPS) is 10.5. The first-order chi connectivity index (χ1) is 12.9. The van der Waals surface area contributed by atoms with Crippen LogP contribution in [0.4, 0.5) is 5.69 Å². The van der Waals surface area contributed by atoms with E-state index in [1.807, 2.05) is 43.3 Å². The number of nitrogens with one attached hydrogen (secondary N) is 2. The molecule has 1 heterocycles. The van der Waals surface area contributed by atoms with Crippen molar-refractivity contribution in [3.8, 4) is 11.3 Å². The van der Waals surface area contributed by atoms with Crippen LogP contribution in [0.5, 0.6) is 0 Å². The molecule has 0 atom stereocenters. The zero-order chi connectivity index (χ0) is 19.4. The summed E-state index contributed by atoms with van der Waals surface area (Å²) in [5.74, 6) is -0.589. The number of halogens is 1. The molecule has 0 fully saturated rings. The number of hydrogen-bond donors (Lipinski definition) is 2. The van der Waals surface area contributed by atoms with Crippen molar-refractivity contribution < 1.29 is 9.59 Å². The van der Waals surface area contributed by atoms with Gasteiger partial charge in [0.05, 0.1) is 12.2 Å². The van der Waals surface area contributed by atoms with Crippen LogP contribution in [0.2, 0.25) is 5.02 Å². The van der Waals surface area contributed by atoms with E-state index in [2.05, 4.69) is 15.5 Å². The average Bonchev–Trinajstić information content (AvgIpc) is 3.13. The summed E-state index contributed by atoms with van der Waals surface area (Å²) in [6, 6.07) is 16.3. The molecule has 0 aliphatic heterocycles. The first-order valence-corrected chi connectivity index (χ1v) is 8.73. The first kappa shape index (κ1) is 18.7. The third-order valence-corrected chi connectivity index (χ3v) is 4.26. The molecule has 7 heteroatoms. The molecule has 138 valence electrons. The number of aromatic amines is 1. The number of nitrogens with zero attached hydrogens (tertiary/aromatic N) is 2. The molecule has 0 bridgehead atoms. The van der Waals surface area contributed by atoms with Gasteiger partial charge in [0.25, 0.3) is 5.91 Å². The number of carbonyl (C=O) groups is 2. The highest BCUT2D eigenvalue weighted by atomic mass is 35.5. The van der Waals surface area contributed by atoms with E-state index in [9.17, 15) is 9.59 Å². The van der Waals surface area contributed by atoms with Crippen molar-refractivity contribution in [3.63, 3.8) is 0 Å². The first-order valence-electron chi connectivity index (χ1n) is 8.36. The highest BCUT2D eigenvalue weighted by Gasteiger charge is 2.18. The van der Waals surface area contributed by atoms with Crippen LogP contribution in [0, 0.1) is 6.92 Å². The SMILES string of the molecule is Cc1ccc(NC(=O)CN(C)C(=O)c2cc(-c3ccc(Cl)cc3)n[nH]2)cc1. The number of rotatable bonds is 5. The predicted octanol–water partition coefficient (Wildman–Crippen LogP) is 3.75. The van der Waals surface area contributed by atoms with Crippen LogP contribution in [0.1, 0.15) is 16.1 Å². The third-order valence-electron chi connectivity index (χ3n) is 4.01. The fourth-order valence-electron chi connectivity index (χ4n) is 2.53. The molecule has 27 heavy (non-hydrogen) atoms. The number of anilines is 1. The van der Waals surface area contributed by atoms with E-state index in [0.717, 1.165) is 11.1 Å². The van der Waals surface area contributed by atoms with E-state index in [0.29, 0.717) is 22.1 Å². The van der Waals surface area contributed by atoms with Gasteiger partial charge in [-0.05, 0) is 37.3 Å². The van der Waals surface area contributed by atoms with E-state index in [1.165, 1.54) is 4.90 Å². The van der Waals surface area contributed by atoms with E-state index >= 15 is 0 Å². The summed E-state index contributed by atoms with van der Waals surface area (Å²) in [4.78, 5) is 26.0. The van der Waals surface area contributed by atoms with E-state index in [1.54, 1.807) is 25.2 Å². The van der Waals surface area contributed by atoms with Crippen LogP contribution in [0.25, 0.3) is 11.3 Å². The number of H-pyrrole nitrogens is 1. The van der Waals surface area contributed by atoms with Crippen LogP contribution in [-0.2, 0) is 4.79 Å². The van der Waals surface area contributed by atoms with Crippen LogP contribution in [0.15, 0.2) is 54.6 Å². The fraction of sp³-hybridized carbons (Fsp3) is 0.150. The Labute approximate surface area is 162 Å². The third kappa shape index (κ3) is 4.74. The minimum Gasteiger partial charge on any atom is -0.331 e. The lowest BCUT2D eigenvalue weighted by Gasteiger charge is -2.15. The molecule has 2 N–H and O–H groups in total. The van der Waals surface area contributed by atoms with E-state index in [4.69, 9.17) is 11.6 Å². The lowest BCUT2D eigenvalue weighted by Crippen LogP contribution is -2.35. The van der Waals surface area contributed by atoms with Gasteiger partial charge in [-0.2, -0.15) is 5.10 Å². The van der Waals surface area contributed by atoms with Crippen molar-refractivity contribution in [1.82, 2.24) is 15.1 Å². The van der Waals surface area contributed by atoms with Crippen LogP contribution >= 0.6 is 11.6 Å². The number of hydrogen-bond acceptors (Lipinski definition) is 3. The van der Waals surface area contributed by atoms with Crippen molar-refractivity contribution in [2.45, 2.75) is 6.92 Å². The van der Waals surface area contributed by atoms with Gasteiger partial charge in [0.1, 0.15) is 5.69 Å². The van der Waals surface area contributed by atoms with Gasteiger partial charge in [-0.3, -0.25) is 14.7 Å². The Bertz CT molecular complexity index is 949. The monoisotopic (exact) mass is 382 g/mol. The smallest absolute Gasteiger partial charge is 0.272 e. The van der Waals surface area contributed by atoms with Crippen molar-refractivity contribution in [1.29, 1.82) is 0 Å². The number of carbonyl (C=O) groups excluding carboxylic acids is 2. The standard InChI is InChI=1S/C20H19ClN4O2/c1-13-3-9-16(10-4-13)22-19(26)12-25(2)20(27)18-11-17(23-24-18)14-5-7-15(21)8-6-14/h3-11H,12H2,1-2H3,(H,22,26)(H,23,24). The highest BCUT2D eigenvalue weighted by molar-refractivity contribution is 6.30. The molecule has 0 saturated heterocycles. The molecule has 2 aromatic carbocycles. The molecule has 0 aliphatic rings. The number of aromatic nitrogens is 2. The Kier molecular flexibility index (Phi) is 5.57. The Morgan fingerprint density at radius 3 is 2.44 bits per heavy atom. The van der Waals surface area contributed by atoms with Crippen LogP contribution < -0.4 is 5.32 Å². The Morgan fingerprint density at radius 2 is 1.78 bits per heavy atom. The zero-order valence-corrected chi connectivity index (χ0v) is 15.7. The lowest BCUT2D eigenvalue weighted by molar-refractivity contribution is -0.116. The summed E-state index contributed by atoms with van der Waals surface area (Å²) in [7, 11) is 1.57. The topological polar surface area (TPSA) is 78.1 Å². The number of aryl methyl sites for hydroxylation is 1. The van der Waals surface area contributed by atoms with E-state index in [-0.39, 0.29) is 18.4 Å². The molecule has 0 spiro atoms. The Balaban J connectivity index is 1.62. The zero-order valence-electron chi connectivity index (χ0n) is 15.0. The second-order valence-corrected chi connectivity index (χ2v) is 6.69. The van der Waals surface area contributed by atoms with Crippen LogP contribution in [-0.4, -0.2) is 40.5 Å². The Morgan fingerprint density at radius 1 is 1.11 bits per heavy atom. The molecule has 1 aromatic heterocycles. The lowest BCUT2D eigenvalue weighted by atomic mass is 10.1. The molecule has 3 aromatic rings. The van der Waals surface area contributed by atoms with Gasteiger partial charge in [0.2, 0.25) is 5.91 Å². The molecule has 0 saturated carbocycles. The largest absolute Gasteiger partial charge is 0.331 e. The highest BCUT2D eigenvalue weighted by Crippen LogP contribution is 2.20. The maximum Gasteiger partial charge on any atom is 0.272 e. The minimum absolute atomic E-state index is 0.0675. The van der Waals surface area contributed by atoms with Gasteiger partial charge in [0, 0.05) is 23.3 Å². The molecular weight excluding hydrogens is 364 g/mol. The maximum atomic E-state index is 12.5. The van der Waals surface area contributed by atoms with Crippen molar-refractivity contribution >= 4 is 29.1 Å². The van der Waals surface area contributed by atoms with Gasteiger partial charge in [0.15, 0.2) is 0 Å². The second-order valence-electron chi connectivity index (χ2n) is 6.25.